The van der Waals surface area contributed by atoms with Crippen LogP contribution in [0.5, 0.6) is 0 Å². The Balaban J connectivity index is 2.14. The highest BCUT2D eigenvalue weighted by atomic mass is 19.1. The van der Waals surface area contributed by atoms with Crippen molar-refractivity contribution in [3.63, 3.8) is 0 Å². The Morgan fingerprint density at radius 1 is 1.47 bits per heavy atom. The quantitative estimate of drug-likeness (QED) is 0.800. The first-order valence-corrected chi connectivity index (χ1v) is 5.31. The van der Waals surface area contributed by atoms with Gasteiger partial charge in [-0.1, -0.05) is 17.0 Å². The van der Waals surface area contributed by atoms with E-state index in [-0.39, 0.29) is 23.6 Å². The fraction of sp³-hybridized carbons (Fsp3) is 0.0769. The summed E-state index contributed by atoms with van der Waals surface area (Å²) in [7, 11) is 0. The van der Waals surface area contributed by atoms with Crippen molar-refractivity contribution in [3.05, 3.63) is 47.6 Å². The summed E-state index contributed by atoms with van der Waals surface area (Å²) >= 11 is 0. The van der Waals surface area contributed by atoms with Gasteiger partial charge in [-0.25, -0.2) is 4.39 Å². The number of carbonyl (C=O) groups is 1. The smallest absolute Gasteiger partial charge is 0.277 e. The molecule has 1 heterocycles. The third-order valence-corrected chi connectivity index (χ3v) is 2.20. The summed E-state index contributed by atoms with van der Waals surface area (Å²) in [6.07, 6.45) is 1.27. The molecular formula is C13H9FN2O3. The summed E-state index contributed by atoms with van der Waals surface area (Å²) in [5, 5.41) is 14.5. The highest BCUT2D eigenvalue weighted by molar-refractivity contribution is 6.02. The van der Waals surface area contributed by atoms with E-state index in [0.717, 1.165) is 6.07 Å². The van der Waals surface area contributed by atoms with E-state index < -0.39 is 11.7 Å². The summed E-state index contributed by atoms with van der Waals surface area (Å²) in [6.45, 7) is -0.343. The Labute approximate surface area is 108 Å². The number of hydrogen-bond acceptors (Lipinski definition) is 4. The van der Waals surface area contributed by atoms with Crippen molar-refractivity contribution in [1.29, 1.82) is 0 Å². The maximum absolute atomic E-state index is 13.6. The van der Waals surface area contributed by atoms with Crippen LogP contribution in [0.2, 0.25) is 0 Å². The predicted octanol–water partition coefficient (Wildman–Crippen LogP) is 1.41. The highest BCUT2D eigenvalue weighted by Crippen LogP contribution is 2.14. The van der Waals surface area contributed by atoms with E-state index in [1.807, 2.05) is 0 Å². The Bertz CT molecular complexity index is 642. The van der Waals surface area contributed by atoms with Crippen LogP contribution in [0, 0.1) is 17.7 Å². The van der Waals surface area contributed by atoms with Gasteiger partial charge < -0.3 is 14.9 Å². The van der Waals surface area contributed by atoms with Gasteiger partial charge in [0.15, 0.2) is 5.69 Å². The molecule has 2 rings (SSSR count). The Hall–Kier alpha value is -2.65. The molecule has 0 spiro atoms. The topological polar surface area (TPSA) is 75.4 Å². The van der Waals surface area contributed by atoms with Gasteiger partial charge in [0, 0.05) is 11.8 Å². The molecule has 0 fully saturated rings. The number of amides is 1. The van der Waals surface area contributed by atoms with E-state index in [1.54, 1.807) is 0 Å². The number of hydrogen-bond donors (Lipinski definition) is 2. The Kier molecular flexibility index (Phi) is 3.90. The van der Waals surface area contributed by atoms with Crippen molar-refractivity contribution in [2.24, 2.45) is 0 Å². The van der Waals surface area contributed by atoms with E-state index in [4.69, 9.17) is 5.11 Å². The molecule has 96 valence electrons. The van der Waals surface area contributed by atoms with E-state index >= 15 is 0 Å². The lowest BCUT2D eigenvalue weighted by molar-refractivity contribution is 0.101. The van der Waals surface area contributed by atoms with E-state index in [0.29, 0.717) is 0 Å². The summed E-state index contributed by atoms with van der Waals surface area (Å²) in [4.78, 5) is 11.6. The van der Waals surface area contributed by atoms with Crippen LogP contribution in [-0.4, -0.2) is 22.8 Å². The molecule has 0 saturated carbocycles. The van der Waals surface area contributed by atoms with Crippen LogP contribution >= 0.6 is 0 Å². The van der Waals surface area contributed by atoms with Gasteiger partial charge in [0.05, 0.1) is 5.56 Å². The number of aliphatic hydroxyl groups excluding tert-OH is 1. The molecular weight excluding hydrogens is 251 g/mol. The second-order valence-electron chi connectivity index (χ2n) is 3.49. The first-order valence-electron chi connectivity index (χ1n) is 5.31. The summed E-state index contributed by atoms with van der Waals surface area (Å²) < 4.78 is 18.1. The van der Waals surface area contributed by atoms with Crippen molar-refractivity contribution in [2.75, 3.05) is 11.9 Å². The lowest BCUT2D eigenvalue weighted by Gasteiger charge is -2.03. The standard InChI is InChI=1S/C13H9FN2O3/c14-11-8-10(4-3-9(11)2-1-6-17)15-13(18)12-5-7-19-16-12/h3-5,7-8,17H,6H2,(H,15,18). The second kappa shape index (κ2) is 5.80. The van der Waals surface area contributed by atoms with Crippen molar-refractivity contribution >= 4 is 11.6 Å². The molecule has 0 aliphatic carbocycles. The lowest BCUT2D eigenvalue weighted by Crippen LogP contribution is -2.12. The third-order valence-electron chi connectivity index (χ3n) is 2.20. The monoisotopic (exact) mass is 260 g/mol. The largest absolute Gasteiger partial charge is 0.384 e. The first kappa shape index (κ1) is 12.8. The normalized spacial score (nSPS) is 9.58. The molecule has 0 radical (unpaired) electrons. The fourth-order valence-corrected chi connectivity index (χ4v) is 1.35. The summed E-state index contributed by atoms with van der Waals surface area (Å²) in [5.74, 6) is 3.72. The second-order valence-corrected chi connectivity index (χ2v) is 3.49. The number of nitrogens with zero attached hydrogens (tertiary/aromatic N) is 1. The molecule has 2 aromatic rings. The van der Waals surface area contributed by atoms with Crippen LogP contribution in [0.3, 0.4) is 0 Å². The van der Waals surface area contributed by atoms with Crippen LogP contribution in [0.25, 0.3) is 0 Å². The molecule has 1 aromatic carbocycles. The minimum Gasteiger partial charge on any atom is -0.384 e. The molecule has 0 atom stereocenters. The number of carbonyl (C=O) groups excluding carboxylic acids is 1. The van der Waals surface area contributed by atoms with Crippen LogP contribution < -0.4 is 5.32 Å². The Morgan fingerprint density at radius 3 is 2.95 bits per heavy atom. The van der Waals surface area contributed by atoms with Gasteiger partial charge in [0.25, 0.3) is 5.91 Å². The van der Waals surface area contributed by atoms with Crippen molar-refractivity contribution in [1.82, 2.24) is 5.16 Å². The zero-order valence-electron chi connectivity index (χ0n) is 9.68. The van der Waals surface area contributed by atoms with Gasteiger partial charge in [0.1, 0.15) is 18.7 Å². The van der Waals surface area contributed by atoms with Gasteiger partial charge in [-0.15, -0.1) is 0 Å². The number of nitrogens with one attached hydrogen (secondary N) is 1. The van der Waals surface area contributed by atoms with Crippen LogP contribution in [0.1, 0.15) is 16.1 Å². The van der Waals surface area contributed by atoms with E-state index in [1.165, 1.54) is 24.5 Å². The van der Waals surface area contributed by atoms with Gasteiger partial charge in [-0.3, -0.25) is 4.79 Å². The van der Waals surface area contributed by atoms with Gasteiger partial charge >= 0.3 is 0 Å². The van der Waals surface area contributed by atoms with Crippen LogP contribution in [-0.2, 0) is 0 Å². The summed E-state index contributed by atoms with van der Waals surface area (Å²) in [5.41, 5.74) is 0.526. The number of benzene rings is 1. The molecule has 1 amide bonds. The van der Waals surface area contributed by atoms with Crippen molar-refractivity contribution < 1.29 is 18.8 Å². The number of aliphatic hydroxyl groups is 1. The van der Waals surface area contributed by atoms with Crippen molar-refractivity contribution in [2.45, 2.75) is 0 Å². The van der Waals surface area contributed by atoms with Crippen LogP contribution in [0.15, 0.2) is 35.1 Å². The minimum absolute atomic E-state index is 0.101. The number of aromatic nitrogens is 1. The molecule has 0 aliphatic rings. The fourth-order valence-electron chi connectivity index (χ4n) is 1.35. The van der Waals surface area contributed by atoms with Crippen LogP contribution in [0.4, 0.5) is 10.1 Å². The molecule has 0 unspecified atom stereocenters. The molecule has 6 heteroatoms. The maximum Gasteiger partial charge on any atom is 0.277 e. The first-order chi connectivity index (χ1) is 9.20. The highest BCUT2D eigenvalue weighted by Gasteiger charge is 2.10. The molecule has 0 saturated heterocycles. The van der Waals surface area contributed by atoms with E-state index in [9.17, 15) is 9.18 Å². The van der Waals surface area contributed by atoms with Gasteiger partial charge in [-0.2, -0.15) is 0 Å². The Morgan fingerprint density at radius 2 is 2.32 bits per heavy atom. The van der Waals surface area contributed by atoms with E-state index in [2.05, 4.69) is 26.8 Å². The SMILES string of the molecule is O=C(Nc1ccc(C#CCO)c(F)c1)c1ccon1. The molecule has 5 nitrogen and oxygen atoms in total. The molecule has 0 aliphatic heterocycles. The minimum atomic E-state index is -0.584. The number of rotatable bonds is 2. The number of halogens is 1. The molecule has 19 heavy (non-hydrogen) atoms. The molecule has 2 N–H and O–H groups in total. The zero-order valence-corrected chi connectivity index (χ0v) is 9.68. The van der Waals surface area contributed by atoms with Gasteiger partial charge in [-0.05, 0) is 18.2 Å². The lowest BCUT2D eigenvalue weighted by atomic mass is 10.2. The predicted molar refractivity (Wildman–Crippen MR) is 64.8 cm³/mol. The third kappa shape index (κ3) is 3.18. The molecule has 1 aromatic heterocycles. The average molecular weight is 260 g/mol. The average Bonchev–Trinajstić information content (AvgIpc) is 2.92. The molecule has 0 bridgehead atoms. The van der Waals surface area contributed by atoms with Gasteiger partial charge in [0.2, 0.25) is 0 Å². The number of anilines is 1. The maximum atomic E-state index is 13.6. The zero-order chi connectivity index (χ0) is 13.7. The van der Waals surface area contributed by atoms with Crippen molar-refractivity contribution in [3.8, 4) is 11.8 Å². The summed E-state index contributed by atoms with van der Waals surface area (Å²) in [6, 6.07) is 5.45.